The fourth-order valence-electron chi connectivity index (χ4n) is 5.19. The number of hydrogen-bond donors (Lipinski definition) is 2. The molecule has 1 fully saturated rings. The lowest BCUT2D eigenvalue weighted by Gasteiger charge is -2.33. The van der Waals surface area contributed by atoms with Crippen LogP contribution in [0.4, 0.5) is 10.1 Å². The molecular formula is C32H32FN3O2. The first-order valence-electron chi connectivity index (χ1n) is 13.2. The smallest absolute Gasteiger partial charge is 0.275 e. The Morgan fingerprint density at radius 2 is 1.63 bits per heavy atom. The first-order chi connectivity index (χ1) is 18.5. The van der Waals surface area contributed by atoms with Gasteiger partial charge >= 0.3 is 0 Å². The molecule has 0 aliphatic heterocycles. The lowest BCUT2D eigenvalue weighted by Crippen LogP contribution is -2.47. The maximum Gasteiger partial charge on any atom is 0.275 e. The highest BCUT2D eigenvalue weighted by Crippen LogP contribution is 2.32. The second kappa shape index (κ2) is 11.5. The standard InChI is InChI=1S/C32H32FN3O2/c1-22-9-8-14-27(21-22)36(32(38)29-20-19-28(35-29)23-10-4-2-5-11-23)30(24-15-17-25(33)18-16-24)31(37)34-26-12-6-3-7-13-26/h2,4-5,8-11,14-21,26,30,35H,3,6-7,12-13H2,1H3,(H,34,37)/t30-/m1/s1. The van der Waals surface area contributed by atoms with Crippen molar-refractivity contribution in [3.63, 3.8) is 0 Å². The number of hydrogen-bond acceptors (Lipinski definition) is 2. The number of carbonyl (C=O) groups excluding carboxylic acids is 2. The van der Waals surface area contributed by atoms with E-state index in [1.54, 1.807) is 18.2 Å². The van der Waals surface area contributed by atoms with E-state index in [2.05, 4.69) is 10.3 Å². The third-order valence-electron chi connectivity index (χ3n) is 7.14. The molecule has 1 aliphatic carbocycles. The number of anilines is 1. The molecule has 0 bridgehead atoms. The average molecular weight is 510 g/mol. The first-order valence-corrected chi connectivity index (χ1v) is 13.2. The molecule has 1 atom stereocenters. The zero-order valence-electron chi connectivity index (χ0n) is 21.5. The van der Waals surface area contributed by atoms with Crippen LogP contribution in [-0.4, -0.2) is 22.8 Å². The number of amides is 2. The van der Waals surface area contributed by atoms with Crippen LogP contribution in [0.5, 0.6) is 0 Å². The Hall–Kier alpha value is -4.19. The van der Waals surface area contributed by atoms with Gasteiger partial charge in [-0.3, -0.25) is 14.5 Å². The van der Waals surface area contributed by atoms with E-state index in [0.29, 0.717) is 16.9 Å². The van der Waals surface area contributed by atoms with Gasteiger partial charge < -0.3 is 10.3 Å². The number of aromatic amines is 1. The van der Waals surface area contributed by atoms with Crippen LogP contribution in [-0.2, 0) is 4.79 Å². The van der Waals surface area contributed by atoms with Crippen LogP contribution in [0.25, 0.3) is 11.3 Å². The van der Waals surface area contributed by atoms with Crippen LogP contribution in [0, 0.1) is 12.7 Å². The van der Waals surface area contributed by atoms with Gasteiger partial charge in [-0.15, -0.1) is 0 Å². The second-order valence-corrected chi connectivity index (χ2v) is 9.96. The van der Waals surface area contributed by atoms with Crippen molar-refractivity contribution >= 4 is 17.5 Å². The van der Waals surface area contributed by atoms with Crippen LogP contribution in [0.2, 0.25) is 0 Å². The molecule has 2 N–H and O–H groups in total. The van der Waals surface area contributed by atoms with E-state index in [-0.39, 0.29) is 17.9 Å². The van der Waals surface area contributed by atoms with E-state index in [0.717, 1.165) is 48.9 Å². The van der Waals surface area contributed by atoms with Crippen LogP contribution in [0.3, 0.4) is 0 Å². The summed E-state index contributed by atoms with van der Waals surface area (Å²) in [5.41, 5.74) is 4.23. The number of H-pyrrole nitrogens is 1. The van der Waals surface area contributed by atoms with Crippen LogP contribution in [0.1, 0.15) is 59.8 Å². The Balaban J connectivity index is 1.57. The Labute approximate surface area is 222 Å². The van der Waals surface area contributed by atoms with Gasteiger partial charge in [-0.1, -0.05) is 73.9 Å². The van der Waals surface area contributed by atoms with E-state index in [4.69, 9.17) is 0 Å². The second-order valence-electron chi connectivity index (χ2n) is 9.96. The van der Waals surface area contributed by atoms with Gasteiger partial charge in [0.15, 0.2) is 0 Å². The van der Waals surface area contributed by atoms with Gasteiger partial charge in [0.25, 0.3) is 5.91 Å². The molecule has 0 radical (unpaired) electrons. The Morgan fingerprint density at radius 1 is 0.895 bits per heavy atom. The molecule has 1 aromatic heterocycles. The fraction of sp³-hybridized carbons (Fsp3) is 0.250. The molecule has 194 valence electrons. The van der Waals surface area contributed by atoms with Crippen molar-refractivity contribution in [2.75, 3.05) is 4.90 Å². The van der Waals surface area contributed by atoms with E-state index >= 15 is 0 Å². The maximum atomic E-state index is 14.2. The highest BCUT2D eigenvalue weighted by molar-refractivity contribution is 6.09. The van der Waals surface area contributed by atoms with Crippen molar-refractivity contribution in [3.05, 3.63) is 114 Å². The third kappa shape index (κ3) is 5.70. The van der Waals surface area contributed by atoms with Crippen molar-refractivity contribution in [2.45, 2.75) is 51.1 Å². The lowest BCUT2D eigenvalue weighted by atomic mass is 9.94. The summed E-state index contributed by atoms with van der Waals surface area (Å²) in [4.78, 5) is 32.9. The average Bonchev–Trinajstić information content (AvgIpc) is 3.44. The van der Waals surface area contributed by atoms with Crippen molar-refractivity contribution < 1.29 is 14.0 Å². The number of halogens is 1. The molecule has 6 heteroatoms. The third-order valence-corrected chi connectivity index (χ3v) is 7.14. The highest BCUT2D eigenvalue weighted by Gasteiger charge is 2.35. The molecule has 0 saturated heterocycles. The van der Waals surface area contributed by atoms with Crippen LogP contribution in [0.15, 0.2) is 91.0 Å². The molecular weight excluding hydrogens is 477 g/mol. The highest BCUT2D eigenvalue weighted by atomic mass is 19.1. The Bertz CT molecular complexity index is 1390. The Morgan fingerprint density at radius 3 is 2.34 bits per heavy atom. The normalized spacial score (nSPS) is 14.6. The topological polar surface area (TPSA) is 65.2 Å². The van der Waals surface area contributed by atoms with Crippen molar-refractivity contribution in [1.82, 2.24) is 10.3 Å². The van der Waals surface area contributed by atoms with Crippen molar-refractivity contribution in [2.24, 2.45) is 0 Å². The number of nitrogens with one attached hydrogen (secondary N) is 2. The number of aromatic nitrogens is 1. The summed E-state index contributed by atoms with van der Waals surface area (Å²) < 4.78 is 13.9. The first kappa shape index (κ1) is 25.5. The molecule has 38 heavy (non-hydrogen) atoms. The largest absolute Gasteiger partial charge is 0.351 e. The molecule has 1 saturated carbocycles. The summed E-state index contributed by atoms with van der Waals surface area (Å²) in [6.45, 7) is 1.95. The minimum absolute atomic E-state index is 0.0591. The summed E-state index contributed by atoms with van der Waals surface area (Å²) >= 11 is 0. The van der Waals surface area contributed by atoms with Gasteiger partial charge in [-0.05, 0) is 72.9 Å². The van der Waals surface area contributed by atoms with Crippen LogP contribution < -0.4 is 10.2 Å². The zero-order valence-corrected chi connectivity index (χ0v) is 21.5. The van der Waals surface area contributed by atoms with Crippen molar-refractivity contribution in [3.8, 4) is 11.3 Å². The molecule has 0 unspecified atom stereocenters. The SMILES string of the molecule is Cc1cccc(N(C(=O)c2ccc(-c3ccccc3)[nH]2)[C@@H](C(=O)NC2CCCCC2)c2ccc(F)cc2)c1. The fourth-order valence-corrected chi connectivity index (χ4v) is 5.19. The van der Waals surface area contributed by atoms with Gasteiger partial charge in [0.1, 0.15) is 17.6 Å². The van der Waals surface area contributed by atoms with Gasteiger partial charge in [0.2, 0.25) is 5.91 Å². The number of aryl methyl sites for hydroxylation is 1. The van der Waals surface area contributed by atoms with Crippen molar-refractivity contribution in [1.29, 1.82) is 0 Å². The van der Waals surface area contributed by atoms with E-state index in [1.165, 1.54) is 17.0 Å². The van der Waals surface area contributed by atoms with E-state index in [9.17, 15) is 14.0 Å². The quantitative estimate of drug-likeness (QED) is 0.283. The minimum atomic E-state index is -0.977. The summed E-state index contributed by atoms with van der Waals surface area (Å²) in [5, 5.41) is 3.20. The van der Waals surface area contributed by atoms with E-state index in [1.807, 2.05) is 67.6 Å². The molecule has 5 nitrogen and oxygen atoms in total. The van der Waals surface area contributed by atoms with Crippen LogP contribution >= 0.6 is 0 Å². The maximum absolute atomic E-state index is 14.2. The molecule has 3 aromatic carbocycles. The molecule has 5 rings (SSSR count). The predicted octanol–water partition coefficient (Wildman–Crippen LogP) is 6.97. The summed E-state index contributed by atoms with van der Waals surface area (Å²) in [7, 11) is 0. The van der Waals surface area contributed by atoms with E-state index < -0.39 is 11.9 Å². The molecule has 1 aliphatic rings. The van der Waals surface area contributed by atoms with Gasteiger partial charge in [-0.25, -0.2) is 4.39 Å². The van der Waals surface area contributed by atoms with Gasteiger partial charge in [0, 0.05) is 17.4 Å². The minimum Gasteiger partial charge on any atom is -0.351 e. The number of carbonyl (C=O) groups is 2. The number of benzene rings is 3. The molecule has 0 spiro atoms. The number of rotatable bonds is 7. The Kier molecular flexibility index (Phi) is 7.68. The molecule has 2 amide bonds. The number of nitrogens with zero attached hydrogens (tertiary/aromatic N) is 1. The summed E-state index contributed by atoms with van der Waals surface area (Å²) in [6.07, 6.45) is 5.13. The zero-order chi connectivity index (χ0) is 26.5. The summed E-state index contributed by atoms with van der Waals surface area (Å²) in [5.74, 6) is -1.01. The van der Waals surface area contributed by atoms with Gasteiger partial charge in [-0.2, -0.15) is 0 Å². The lowest BCUT2D eigenvalue weighted by molar-refractivity contribution is -0.123. The predicted molar refractivity (Wildman–Crippen MR) is 148 cm³/mol. The van der Waals surface area contributed by atoms with Gasteiger partial charge in [0.05, 0.1) is 0 Å². The monoisotopic (exact) mass is 509 g/mol. The molecule has 4 aromatic rings. The molecule has 1 heterocycles. The summed E-state index contributed by atoms with van der Waals surface area (Å²) in [6, 6.07) is 25.8.